The van der Waals surface area contributed by atoms with Crippen LogP contribution in [0, 0.1) is 5.92 Å². The van der Waals surface area contributed by atoms with Crippen LogP contribution in [0.3, 0.4) is 0 Å². The maximum atomic E-state index is 12.8. The smallest absolute Gasteiger partial charge is 0.251 e. The van der Waals surface area contributed by atoms with Crippen LogP contribution >= 0.6 is 11.6 Å². The molecule has 1 saturated heterocycles. The van der Waals surface area contributed by atoms with E-state index in [0.717, 1.165) is 51.7 Å². The molecule has 2 fully saturated rings. The number of Topliss-reactive ketones (excluding diaryl/α,β-unsaturated/α-hetero) is 1. The van der Waals surface area contributed by atoms with Gasteiger partial charge in [0.15, 0.2) is 5.76 Å². The maximum absolute atomic E-state index is 12.8. The summed E-state index contributed by atoms with van der Waals surface area (Å²) in [4.78, 5) is 27.7. The van der Waals surface area contributed by atoms with E-state index in [1.807, 2.05) is 24.3 Å². The van der Waals surface area contributed by atoms with Crippen molar-refractivity contribution in [1.82, 2.24) is 10.2 Å². The van der Waals surface area contributed by atoms with E-state index in [-0.39, 0.29) is 17.7 Å². The Balaban J connectivity index is 1.01. The quantitative estimate of drug-likeness (QED) is 0.331. The van der Waals surface area contributed by atoms with Gasteiger partial charge in [-0.3, -0.25) is 9.59 Å². The summed E-state index contributed by atoms with van der Waals surface area (Å²) in [5.41, 5.74) is 1.16. The number of ether oxygens (including phenoxy) is 2. The second-order valence-electron chi connectivity index (χ2n) is 9.96. The second kappa shape index (κ2) is 11.5. The number of rotatable bonds is 10. The topological polar surface area (TPSA) is 67.9 Å². The molecule has 7 heteroatoms. The summed E-state index contributed by atoms with van der Waals surface area (Å²) >= 11 is 6.00. The number of carbonyl (C=O) groups excluding carboxylic acids is 2. The van der Waals surface area contributed by atoms with Crippen LogP contribution in [-0.4, -0.2) is 48.9 Å². The number of likely N-dealkylation sites (tertiary alicyclic amines) is 1. The largest absolute Gasteiger partial charge is 0.493 e. The number of fused-ring (bicyclic) bond motifs is 1. The Bertz CT molecular complexity index is 1140. The van der Waals surface area contributed by atoms with Crippen molar-refractivity contribution in [1.29, 1.82) is 0 Å². The van der Waals surface area contributed by atoms with E-state index in [4.69, 9.17) is 21.1 Å². The molecule has 1 amide bonds. The van der Waals surface area contributed by atoms with Crippen LogP contribution in [-0.2, 0) is 0 Å². The Kier molecular flexibility index (Phi) is 7.93. The summed E-state index contributed by atoms with van der Waals surface area (Å²) in [6, 6.07) is 12.8. The lowest BCUT2D eigenvalue weighted by atomic mass is 10.0. The fourth-order valence-corrected chi connectivity index (χ4v) is 5.00. The Labute approximate surface area is 217 Å². The monoisotopic (exact) mass is 508 g/mol. The van der Waals surface area contributed by atoms with E-state index in [0.29, 0.717) is 45.9 Å². The molecule has 0 aromatic heterocycles. The fraction of sp³-hybridized carbons (Fsp3) is 0.448. The van der Waals surface area contributed by atoms with Crippen LogP contribution in [0.4, 0.5) is 0 Å². The van der Waals surface area contributed by atoms with Crippen molar-refractivity contribution in [2.75, 3.05) is 26.2 Å². The highest BCUT2D eigenvalue weighted by Gasteiger charge is 2.31. The standard InChI is InChI=1S/C29H33ClN2O4/c30-22-6-3-5-21(19-22)29(34)31-23-13-16-32(17-14-23)15-1-2-18-35-24-7-4-8-25-27(24)28(33)26(36-25)12-11-20-9-10-20/h3-8,12,19-20,23H,1-2,9-11,13-18H2,(H,31,34)/b26-12-. The molecule has 0 bridgehead atoms. The van der Waals surface area contributed by atoms with Crippen LogP contribution in [0.1, 0.15) is 65.7 Å². The van der Waals surface area contributed by atoms with Gasteiger partial charge >= 0.3 is 0 Å². The zero-order chi connectivity index (χ0) is 24.9. The Morgan fingerprint density at radius 2 is 1.92 bits per heavy atom. The van der Waals surface area contributed by atoms with Crippen molar-refractivity contribution in [3.05, 3.63) is 70.4 Å². The number of nitrogens with one attached hydrogen (secondary N) is 1. The number of hydrogen-bond donors (Lipinski definition) is 1. The van der Waals surface area contributed by atoms with Gasteiger partial charge in [0, 0.05) is 29.7 Å². The number of unbranched alkanes of at least 4 members (excludes halogenated alkanes) is 1. The number of allylic oxidation sites excluding steroid dienone is 2. The Morgan fingerprint density at radius 1 is 1.11 bits per heavy atom. The third-order valence-electron chi connectivity index (χ3n) is 7.13. The highest BCUT2D eigenvalue weighted by molar-refractivity contribution is 6.31. The molecule has 0 unspecified atom stereocenters. The number of hydrogen-bond acceptors (Lipinski definition) is 5. The average Bonchev–Trinajstić information content (AvgIpc) is 3.66. The van der Waals surface area contributed by atoms with Gasteiger partial charge in [-0.2, -0.15) is 0 Å². The first kappa shape index (κ1) is 24.8. The third-order valence-corrected chi connectivity index (χ3v) is 7.36. The normalized spacial score (nSPS) is 19.2. The molecule has 1 N–H and O–H groups in total. The van der Waals surface area contributed by atoms with Gasteiger partial charge in [0.1, 0.15) is 17.1 Å². The van der Waals surface area contributed by atoms with Crippen LogP contribution < -0.4 is 14.8 Å². The predicted molar refractivity (Wildman–Crippen MR) is 140 cm³/mol. The van der Waals surface area contributed by atoms with Crippen molar-refractivity contribution in [2.45, 2.75) is 51.0 Å². The minimum absolute atomic E-state index is 0.0603. The van der Waals surface area contributed by atoms with Crippen molar-refractivity contribution in [2.24, 2.45) is 5.92 Å². The van der Waals surface area contributed by atoms with Gasteiger partial charge in [0.2, 0.25) is 5.78 Å². The van der Waals surface area contributed by atoms with Crippen LogP contribution in [0.25, 0.3) is 0 Å². The van der Waals surface area contributed by atoms with Crippen LogP contribution in [0.5, 0.6) is 11.5 Å². The molecular formula is C29H33ClN2O4. The maximum Gasteiger partial charge on any atom is 0.251 e. The molecule has 2 aliphatic heterocycles. The molecule has 3 aliphatic rings. The summed E-state index contributed by atoms with van der Waals surface area (Å²) < 4.78 is 11.8. The van der Waals surface area contributed by atoms with Crippen LogP contribution in [0.2, 0.25) is 5.02 Å². The molecule has 6 nitrogen and oxygen atoms in total. The Morgan fingerprint density at radius 3 is 2.69 bits per heavy atom. The molecule has 190 valence electrons. The number of benzene rings is 2. The lowest BCUT2D eigenvalue weighted by Crippen LogP contribution is -2.44. The summed E-state index contributed by atoms with van der Waals surface area (Å²) in [6.07, 6.45) is 9.16. The predicted octanol–water partition coefficient (Wildman–Crippen LogP) is 5.65. The number of amides is 1. The zero-order valence-electron chi connectivity index (χ0n) is 20.5. The zero-order valence-corrected chi connectivity index (χ0v) is 21.3. The lowest BCUT2D eigenvalue weighted by molar-refractivity contribution is 0.0909. The van der Waals surface area contributed by atoms with Crippen molar-refractivity contribution >= 4 is 23.3 Å². The Hall–Kier alpha value is -2.83. The van der Waals surface area contributed by atoms with Gasteiger partial charge < -0.3 is 19.7 Å². The van der Waals surface area contributed by atoms with E-state index in [2.05, 4.69) is 10.2 Å². The molecule has 5 rings (SSSR count). The van der Waals surface area contributed by atoms with Gasteiger partial charge in [-0.1, -0.05) is 23.7 Å². The molecule has 0 spiro atoms. The third kappa shape index (κ3) is 6.29. The molecule has 36 heavy (non-hydrogen) atoms. The molecular weight excluding hydrogens is 476 g/mol. The number of piperidine rings is 1. The number of ketones is 1. The highest BCUT2D eigenvalue weighted by atomic mass is 35.5. The molecule has 2 aromatic carbocycles. The van der Waals surface area contributed by atoms with Gasteiger partial charge in [0.05, 0.1) is 6.61 Å². The van der Waals surface area contributed by atoms with E-state index < -0.39 is 0 Å². The number of halogens is 1. The summed E-state index contributed by atoms with van der Waals surface area (Å²) in [7, 11) is 0. The van der Waals surface area contributed by atoms with E-state index in [1.165, 1.54) is 12.8 Å². The first-order valence-electron chi connectivity index (χ1n) is 13.0. The van der Waals surface area contributed by atoms with Gasteiger partial charge in [-0.25, -0.2) is 0 Å². The van der Waals surface area contributed by atoms with Crippen molar-refractivity contribution in [3.8, 4) is 11.5 Å². The number of carbonyl (C=O) groups is 2. The van der Waals surface area contributed by atoms with Crippen molar-refractivity contribution in [3.63, 3.8) is 0 Å². The number of nitrogens with zero attached hydrogens (tertiary/aromatic N) is 1. The molecule has 0 atom stereocenters. The van der Waals surface area contributed by atoms with E-state index in [1.54, 1.807) is 24.3 Å². The summed E-state index contributed by atoms with van der Waals surface area (Å²) in [5, 5.41) is 3.71. The summed E-state index contributed by atoms with van der Waals surface area (Å²) in [6.45, 7) is 3.50. The lowest BCUT2D eigenvalue weighted by Gasteiger charge is -2.32. The minimum atomic E-state index is -0.0634. The summed E-state index contributed by atoms with van der Waals surface area (Å²) in [5.74, 6) is 2.25. The molecule has 2 heterocycles. The van der Waals surface area contributed by atoms with E-state index in [9.17, 15) is 9.59 Å². The fourth-order valence-electron chi connectivity index (χ4n) is 4.81. The molecule has 2 aromatic rings. The average molecular weight is 509 g/mol. The first-order chi connectivity index (χ1) is 17.6. The van der Waals surface area contributed by atoms with Gasteiger partial charge in [-0.15, -0.1) is 0 Å². The molecule has 1 aliphatic carbocycles. The highest BCUT2D eigenvalue weighted by Crippen LogP contribution is 2.39. The minimum Gasteiger partial charge on any atom is -0.493 e. The molecule has 0 radical (unpaired) electrons. The van der Waals surface area contributed by atoms with Crippen LogP contribution in [0.15, 0.2) is 54.3 Å². The van der Waals surface area contributed by atoms with Crippen molar-refractivity contribution < 1.29 is 19.1 Å². The van der Waals surface area contributed by atoms with Gasteiger partial charge in [0.25, 0.3) is 5.91 Å². The second-order valence-corrected chi connectivity index (χ2v) is 10.4. The SMILES string of the molecule is O=C(NC1CCN(CCCCOc2cccc3c2C(=O)/C(=C/CC2CC2)O3)CC1)c1cccc(Cl)c1. The molecule has 1 saturated carbocycles. The van der Waals surface area contributed by atoms with E-state index >= 15 is 0 Å². The van der Waals surface area contributed by atoms with Gasteiger partial charge in [-0.05, 0) is 93.8 Å². The first-order valence-corrected chi connectivity index (χ1v) is 13.4.